The average Bonchev–Trinajstić information content (AvgIpc) is 3.04. The van der Waals surface area contributed by atoms with Crippen molar-refractivity contribution >= 4 is 16.9 Å². The maximum atomic E-state index is 13.4. The van der Waals surface area contributed by atoms with Crippen molar-refractivity contribution in [2.45, 2.75) is 44.1 Å². The smallest absolute Gasteiger partial charge is 0.319 e. The molecular weight excluding hydrogens is 340 g/mol. The number of rotatable bonds is 3. The highest BCUT2D eigenvalue weighted by Crippen LogP contribution is 2.55. The van der Waals surface area contributed by atoms with Crippen LogP contribution in [0.1, 0.15) is 37.4 Å². The monoisotopic (exact) mass is 368 g/mol. The van der Waals surface area contributed by atoms with Crippen LogP contribution in [-0.4, -0.2) is 49.2 Å². The number of piperidine rings is 2. The number of methoxy groups -OCH3 is 2. The molecule has 0 amide bonds. The number of aromatic amines is 1. The summed E-state index contributed by atoms with van der Waals surface area (Å²) in [7, 11) is 3.24. The number of fused-ring (bicyclic) bond motifs is 4. The second-order valence-corrected chi connectivity index (χ2v) is 8.52. The fraction of sp³-hybridized carbons (Fsp3) is 0.591. The summed E-state index contributed by atoms with van der Waals surface area (Å²) in [6.07, 6.45) is 4.20. The summed E-state index contributed by atoms with van der Waals surface area (Å²) in [6.45, 7) is 4.39. The van der Waals surface area contributed by atoms with E-state index in [1.165, 1.54) is 17.4 Å². The van der Waals surface area contributed by atoms with Gasteiger partial charge in [-0.3, -0.25) is 9.69 Å². The molecule has 5 nitrogen and oxygen atoms in total. The van der Waals surface area contributed by atoms with Crippen LogP contribution >= 0.6 is 0 Å². The van der Waals surface area contributed by atoms with E-state index in [0.29, 0.717) is 11.8 Å². The number of aromatic nitrogens is 1. The minimum atomic E-state index is -0.575. The third-order valence-corrected chi connectivity index (χ3v) is 7.37. The Bertz CT molecular complexity index is 904. The lowest BCUT2D eigenvalue weighted by molar-refractivity contribution is -0.162. The fourth-order valence-electron chi connectivity index (χ4n) is 6.42. The summed E-state index contributed by atoms with van der Waals surface area (Å²) in [5.41, 5.74) is 2.90. The lowest BCUT2D eigenvalue weighted by Crippen LogP contribution is -2.67. The highest BCUT2D eigenvalue weighted by Gasteiger charge is 2.62. The van der Waals surface area contributed by atoms with Crippen molar-refractivity contribution in [3.63, 3.8) is 0 Å². The quantitative estimate of drug-likeness (QED) is 0.845. The van der Waals surface area contributed by atoms with E-state index in [1.807, 2.05) is 6.07 Å². The molecule has 5 heteroatoms. The Hall–Kier alpha value is -2.01. The number of nitrogens with zero attached hydrogens (tertiary/aromatic N) is 1. The number of carbonyl (C=O) groups is 1. The predicted octanol–water partition coefficient (Wildman–Crippen LogP) is 3.26. The van der Waals surface area contributed by atoms with Gasteiger partial charge >= 0.3 is 5.97 Å². The number of H-pyrrole nitrogens is 1. The van der Waals surface area contributed by atoms with Crippen molar-refractivity contribution in [1.29, 1.82) is 0 Å². The first-order valence-electron chi connectivity index (χ1n) is 10.1. The summed E-state index contributed by atoms with van der Waals surface area (Å²) < 4.78 is 10.9. The van der Waals surface area contributed by atoms with Crippen LogP contribution in [0.25, 0.3) is 10.9 Å². The van der Waals surface area contributed by atoms with Crippen molar-refractivity contribution in [1.82, 2.24) is 9.88 Å². The van der Waals surface area contributed by atoms with Gasteiger partial charge in [0.15, 0.2) is 0 Å². The minimum absolute atomic E-state index is 0.0676. The van der Waals surface area contributed by atoms with Crippen LogP contribution < -0.4 is 4.74 Å². The first-order valence-corrected chi connectivity index (χ1v) is 10.1. The normalized spacial score (nSPS) is 34.2. The Morgan fingerprint density at radius 1 is 1.37 bits per heavy atom. The molecule has 144 valence electrons. The minimum Gasteiger partial charge on any atom is -0.497 e. The zero-order chi connectivity index (χ0) is 18.8. The number of hydrogen-bond donors (Lipinski definition) is 1. The molecule has 27 heavy (non-hydrogen) atoms. The summed E-state index contributed by atoms with van der Waals surface area (Å²) >= 11 is 0. The van der Waals surface area contributed by atoms with Crippen molar-refractivity contribution < 1.29 is 14.3 Å². The summed E-state index contributed by atoms with van der Waals surface area (Å²) in [6, 6.07) is 6.40. The molecule has 1 aromatic heterocycles. The van der Waals surface area contributed by atoms with Crippen LogP contribution in [-0.2, 0) is 21.4 Å². The molecule has 1 aromatic carbocycles. The molecule has 6 rings (SSSR count). The molecule has 0 spiro atoms. The molecule has 2 aromatic rings. The van der Waals surface area contributed by atoms with Gasteiger partial charge in [0.1, 0.15) is 11.2 Å². The topological polar surface area (TPSA) is 54.6 Å². The van der Waals surface area contributed by atoms with E-state index in [9.17, 15) is 4.79 Å². The molecule has 4 heterocycles. The lowest BCUT2D eigenvalue weighted by Gasteiger charge is -2.57. The van der Waals surface area contributed by atoms with E-state index < -0.39 is 5.41 Å². The Labute approximate surface area is 160 Å². The SMILES string of the molecule is CCC1C[C@@H]2CN3CCc4c([nH]c5ccc(OC)cc45)[C@](C(=O)OC)(C2)[C@H]13. The van der Waals surface area contributed by atoms with E-state index in [1.54, 1.807) is 14.2 Å². The van der Waals surface area contributed by atoms with Gasteiger partial charge in [0, 0.05) is 35.7 Å². The Kier molecular flexibility index (Phi) is 3.80. The fourth-order valence-corrected chi connectivity index (χ4v) is 6.42. The van der Waals surface area contributed by atoms with Gasteiger partial charge in [0.2, 0.25) is 0 Å². The molecule has 1 aliphatic carbocycles. The van der Waals surface area contributed by atoms with Gasteiger partial charge in [-0.2, -0.15) is 0 Å². The molecule has 4 bridgehead atoms. The number of esters is 1. The molecule has 1 N–H and O–H groups in total. The Balaban J connectivity index is 1.79. The molecule has 3 aliphatic heterocycles. The average molecular weight is 368 g/mol. The summed E-state index contributed by atoms with van der Waals surface area (Å²) in [5, 5.41) is 1.19. The predicted molar refractivity (Wildman–Crippen MR) is 104 cm³/mol. The standard InChI is InChI=1S/C22H28N2O3/c1-4-14-9-13-11-22(21(25)27-3)19-16(7-8-24(12-13)20(14)22)17-10-15(26-2)5-6-18(17)23-19/h5-6,10,13-14,20,23H,4,7-9,11-12H2,1-3H3/t13-,14?,20-,22+/m0/s1. The third kappa shape index (κ3) is 2.18. The first kappa shape index (κ1) is 17.1. The number of benzene rings is 1. The largest absolute Gasteiger partial charge is 0.497 e. The van der Waals surface area contributed by atoms with Crippen LogP contribution in [0.5, 0.6) is 5.75 Å². The van der Waals surface area contributed by atoms with Gasteiger partial charge in [-0.25, -0.2) is 0 Å². The van der Waals surface area contributed by atoms with E-state index >= 15 is 0 Å². The van der Waals surface area contributed by atoms with Crippen LogP contribution in [0, 0.1) is 11.8 Å². The zero-order valence-electron chi connectivity index (χ0n) is 16.4. The second-order valence-electron chi connectivity index (χ2n) is 8.52. The molecular formula is C22H28N2O3. The van der Waals surface area contributed by atoms with Crippen molar-refractivity contribution in [2.75, 3.05) is 27.3 Å². The third-order valence-electron chi connectivity index (χ3n) is 7.37. The molecule has 3 fully saturated rings. The highest BCUT2D eigenvalue weighted by atomic mass is 16.5. The van der Waals surface area contributed by atoms with Crippen LogP contribution in [0.2, 0.25) is 0 Å². The maximum Gasteiger partial charge on any atom is 0.319 e. The van der Waals surface area contributed by atoms with E-state index in [2.05, 4.69) is 28.9 Å². The molecule has 1 saturated carbocycles. The Morgan fingerprint density at radius 3 is 2.96 bits per heavy atom. The molecule has 2 saturated heterocycles. The molecule has 5 atom stereocenters. The van der Waals surface area contributed by atoms with Crippen molar-refractivity contribution in [3.8, 4) is 5.75 Å². The zero-order valence-corrected chi connectivity index (χ0v) is 16.4. The molecule has 4 aliphatic rings. The van der Waals surface area contributed by atoms with Gasteiger partial charge in [-0.15, -0.1) is 0 Å². The van der Waals surface area contributed by atoms with Gasteiger partial charge in [0.05, 0.1) is 14.2 Å². The van der Waals surface area contributed by atoms with Gasteiger partial charge in [-0.05, 0) is 54.9 Å². The van der Waals surface area contributed by atoms with E-state index in [4.69, 9.17) is 9.47 Å². The number of hydrogen-bond acceptors (Lipinski definition) is 4. The first-order chi connectivity index (χ1) is 13.1. The lowest BCUT2D eigenvalue weighted by atomic mass is 9.56. The number of nitrogens with one attached hydrogen (secondary N) is 1. The van der Waals surface area contributed by atoms with Crippen LogP contribution in [0.3, 0.4) is 0 Å². The summed E-state index contributed by atoms with van der Waals surface area (Å²) in [4.78, 5) is 19.6. The molecule has 2 unspecified atom stereocenters. The molecule has 0 radical (unpaired) electrons. The van der Waals surface area contributed by atoms with Gasteiger partial charge in [0.25, 0.3) is 0 Å². The second kappa shape index (κ2) is 5.99. The number of carbonyl (C=O) groups excluding carboxylic acids is 1. The van der Waals surface area contributed by atoms with Crippen molar-refractivity contribution in [2.24, 2.45) is 11.8 Å². The van der Waals surface area contributed by atoms with Crippen LogP contribution in [0.4, 0.5) is 0 Å². The van der Waals surface area contributed by atoms with Crippen molar-refractivity contribution in [3.05, 3.63) is 29.5 Å². The van der Waals surface area contributed by atoms with Crippen LogP contribution in [0.15, 0.2) is 18.2 Å². The van der Waals surface area contributed by atoms with Gasteiger partial charge in [-0.1, -0.05) is 13.3 Å². The maximum absolute atomic E-state index is 13.4. The highest BCUT2D eigenvalue weighted by molar-refractivity contribution is 5.92. The van der Waals surface area contributed by atoms with E-state index in [-0.39, 0.29) is 12.0 Å². The van der Waals surface area contributed by atoms with E-state index in [0.717, 1.165) is 49.3 Å². The van der Waals surface area contributed by atoms with Gasteiger partial charge < -0.3 is 14.5 Å². The summed E-state index contributed by atoms with van der Waals surface area (Å²) in [5.74, 6) is 1.90. The Morgan fingerprint density at radius 2 is 2.22 bits per heavy atom. The number of ether oxygens (including phenoxy) is 2.